The van der Waals surface area contributed by atoms with Gasteiger partial charge in [-0.05, 0) is 30.3 Å². The van der Waals surface area contributed by atoms with E-state index in [4.69, 9.17) is 21.1 Å². The van der Waals surface area contributed by atoms with E-state index in [1.807, 2.05) is 53.2 Å². The number of benzene rings is 2. The van der Waals surface area contributed by atoms with Crippen LogP contribution in [0.25, 0.3) is 21.1 Å². The first-order chi connectivity index (χ1) is 15.0. The van der Waals surface area contributed by atoms with Crippen molar-refractivity contribution in [2.75, 3.05) is 7.11 Å². The van der Waals surface area contributed by atoms with Crippen LogP contribution in [-0.2, 0) is 22.6 Å². The standard InChI is InChI=1S/C22H16BrClN2O3S2/c1-28-19-6-5-14(23)8-18(19)22-26-17(12-31-22)10-29-20(27)9-16-11-30-21(25-16)13-3-2-4-15(24)7-13/h2-8,11-12H,9-10H2,1H3. The molecule has 0 fully saturated rings. The van der Waals surface area contributed by atoms with Gasteiger partial charge in [0.2, 0.25) is 0 Å². The molecule has 9 heteroatoms. The first kappa shape index (κ1) is 22.0. The average Bonchev–Trinajstić information content (AvgIpc) is 3.42. The summed E-state index contributed by atoms with van der Waals surface area (Å²) in [5, 5.41) is 6.00. The van der Waals surface area contributed by atoms with Crippen LogP contribution < -0.4 is 4.74 Å². The zero-order valence-corrected chi connectivity index (χ0v) is 20.3. The lowest BCUT2D eigenvalue weighted by Gasteiger charge is -2.06. The van der Waals surface area contributed by atoms with Gasteiger partial charge in [0.15, 0.2) is 0 Å². The highest BCUT2D eigenvalue weighted by Gasteiger charge is 2.14. The number of rotatable bonds is 7. The summed E-state index contributed by atoms with van der Waals surface area (Å²) in [4.78, 5) is 21.4. The minimum atomic E-state index is -0.350. The van der Waals surface area contributed by atoms with Gasteiger partial charge in [0.25, 0.3) is 0 Å². The summed E-state index contributed by atoms with van der Waals surface area (Å²) in [5.41, 5.74) is 3.17. The third-order valence-corrected chi connectivity index (χ3v) is 6.87. The molecule has 0 aliphatic carbocycles. The molecular formula is C22H16BrClN2O3S2. The first-order valence-corrected chi connectivity index (χ1v) is 12.1. The van der Waals surface area contributed by atoms with Crippen LogP contribution in [0.15, 0.2) is 57.7 Å². The molecule has 0 radical (unpaired) electrons. The van der Waals surface area contributed by atoms with Gasteiger partial charge in [-0.1, -0.05) is 39.7 Å². The maximum Gasteiger partial charge on any atom is 0.312 e. The van der Waals surface area contributed by atoms with Gasteiger partial charge in [-0.15, -0.1) is 22.7 Å². The van der Waals surface area contributed by atoms with Crippen LogP contribution in [0.5, 0.6) is 5.75 Å². The van der Waals surface area contributed by atoms with Gasteiger partial charge >= 0.3 is 5.97 Å². The van der Waals surface area contributed by atoms with Gasteiger partial charge in [-0.2, -0.15) is 0 Å². The molecule has 2 heterocycles. The number of carbonyl (C=O) groups is 1. The minimum absolute atomic E-state index is 0.105. The van der Waals surface area contributed by atoms with E-state index in [1.165, 1.54) is 22.7 Å². The topological polar surface area (TPSA) is 61.3 Å². The molecule has 0 bridgehead atoms. The molecule has 5 nitrogen and oxygen atoms in total. The SMILES string of the molecule is COc1ccc(Br)cc1-c1nc(COC(=O)Cc2csc(-c3cccc(Cl)c3)n2)cs1. The summed E-state index contributed by atoms with van der Waals surface area (Å²) in [6.45, 7) is 0.108. The smallest absolute Gasteiger partial charge is 0.312 e. The van der Waals surface area contributed by atoms with E-state index in [2.05, 4.69) is 25.9 Å². The van der Waals surface area contributed by atoms with Crippen molar-refractivity contribution < 1.29 is 14.3 Å². The van der Waals surface area contributed by atoms with Crippen molar-refractivity contribution in [3.05, 3.63) is 74.1 Å². The van der Waals surface area contributed by atoms with E-state index < -0.39 is 0 Å². The lowest BCUT2D eigenvalue weighted by atomic mass is 10.2. The van der Waals surface area contributed by atoms with Crippen molar-refractivity contribution in [2.45, 2.75) is 13.0 Å². The molecule has 0 spiro atoms. The lowest BCUT2D eigenvalue weighted by Crippen LogP contribution is -2.08. The second-order valence-corrected chi connectivity index (χ2v) is 9.55. The Hall–Kier alpha value is -2.26. The quantitative estimate of drug-likeness (QED) is 0.248. The summed E-state index contributed by atoms with van der Waals surface area (Å²) >= 11 is 12.5. The predicted molar refractivity (Wildman–Crippen MR) is 128 cm³/mol. The number of aromatic nitrogens is 2. The molecule has 0 saturated heterocycles. The zero-order valence-electron chi connectivity index (χ0n) is 16.3. The van der Waals surface area contributed by atoms with Gasteiger partial charge in [0, 0.05) is 25.8 Å². The van der Waals surface area contributed by atoms with Crippen LogP contribution in [-0.4, -0.2) is 23.0 Å². The Balaban J connectivity index is 1.37. The highest BCUT2D eigenvalue weighted by molar-refractivity contribution is 9.10. The first-order valence-electron chi connectivity index (χ1n) is 9.16. The molecular weight excluding hydrogens is 520 g/mol. The van der Waals surface area contributed by atoms with Crippen LogP contribution >= 0.6 is 50.2 Å². The maximum absolute atomic E-state index is 12.3. The van der Waals surface area contributed by atoms with Gasteiger partial charge < -0.3 is 9.47 Å². The molecule has 4 rings (SSSR count). The molecule has 31 heavy (non-hydrogen) atoms. The second kappa shape index (κ2) is 9.91. The molecule has 0 aliphatic rings. The van der Waals surface area contributed by atoms with Crippen LogP contribution in [0.1, 0.15) is 11.4 Å². The molecule has 0 N–H and O–H groups in total. The molecule has 0 unspecified atom stereocenters. The molecule has 0 saturated carbocycles. The Kier molecular flexibility index (Phi) is 7.02. The Labute approximate surface area is 200 Å². The Morgan fingerprint density at radius 1 is 1.06 bits per heavy atom. The monoisotopic (exact) mass is 534 g/mol. The number of hydrogen-bond donors (Lipinski definition) is 0. The number of hydrogen-bond acceptors (Lipinski definition) is 7. The van der Waals surface area contributed by atoms with Gasteiger partial charge in [0.1, 0.15) is 22.4 Å². The fourth-order valence-electron chi connectivity index (χ4n) is 2.84. The predicted octanol–water partition coefficient (Wildman–Crippen LogP) is 6.64. The zero-order chi connectivity index (χ0) is 21.8. The van der Waals surface area contributed by atoms with Crippen molar-refractivity contribution in [2.24, 2.45) is 0 Å². The number of esters is 1. The largest absolute Gasteiger partial charge is 0.496 e. The van der Waals surface area contributed by atoms with E-state index in [9.17, 15) is 4.79 Å². The average molecular weight is 536 g/mol. The van der Waals surface area contributed by atoms with Gasteiger partial charge in [-0.3, -0.25) is 4.79 Å². The summed E-state index contributed by atoms with van der Waals surface area (Å²) in [6.07, 6.45) is 0.105. The van der Waals surface area contributed by atoms with Crippen LogP contribution in [0, 0.1) is 0 Å². The number of thiazole rings is 2. The Morgan fingerprint density at radius 3 is 2.65 bits per heavy atom. The molecule has 0 aliphatic heterocycles. The number of methoxy groups -OCH3 is 1. The van der Waals surface area contributed by atoms with Crippen LogP contribution in [0.2, 0.25) is 5.02 Å². The van der Waals surface area contributed by atoms with E-state index in [0.717, 1.165) is 31.4 Å². The summed E-state index contributed by atoms with van der Waals surface area (Å²) in [7, 11) is 1.62. The van der Waals surface area contributed by atoms with Crippen molar-refractivity contribution in [3.63, 3.8) is 0 Å². The van der Waals surface area contributed by atoms with Crippen molar-refractivity contribution in [3.8, 4) is 26.9 Å². The second-order valence-electron chi connectivity index (χ2n) is 6.48. The summed E-state index contributed by atoms with van der Waals surface area (Å²) in [5.74, 6) is 0.387. The van der Waals surface area contributed by atoms with Gasteiger partial charge in [0.05, 0.1) is 30.5 Å². The molecule has 158 valence electrons. The number of carbonyl (C=O) groups excluding carboxylic acids is 1. The lowest BCUT2D eigenvalue weighted by molar-refractivity contribution is -0.144. The number of halogens is 2. The van der Waals surface area contributed by atoms with E-state index in [1.54, 1.807) is 7.11 Å². The molecule has 4 aromatic rings. The van der Waals surface area contributed by atoms with Crippen molar-refractivity contribution >= 4 is 56.2 Å². The van der Waals surface area contributed by atoms with Crippen molar-refractivity contribution in [1.82, 2.24) is 9.97 Å². The fourth-order valence-corrected chi connectivity index (χ4v) is 5.03. The Bertz CT molecular complexity index is 1220. The van der Waals surface area contributed by atoms with Gasteiger partial charge in [-0.25, -0.2) is 9.97 Å². The molecule has 0 atom stereocenters. The Morgan fingerprint density at radius 2 is 1.84 bits per heavy atom. The molecule has 0 amide bonds. The van der Waals surface area contributed by atoms with E-state index in [-0.39, 0.29) is 19.0 Å². The highest BCUT2D eigenvalue weighted by Crippen LogP contribution is 2.34. The molecule has 2 aromatic carbocycles. The minimum Gasteiger partial charge on any atom is -0.496 e. The molecule has 2 aromatic heterocycles. The van der Waals surface area contributed by atoms with E-state index >= 15 is 0 Å². The van der Waals surface area contributed by atoms with E-state index in [0.29, 0.717) is 16.4 Å². The normalized spacial score (nSPS) is 10.8. The summed E-state index contributed by atoms with van der Waals surface area (Å²) < 4.78 is 11.8. The summed E-state index contributed by atoms with van der Waals surface area (Å²) in [6, 6.07) is 13.2. The van der Waals surface area contributed by atoms with Crippen LogP contribution in [0.3, 0.4) is 0 Å². The van der Waals surface area contributed by atoms with Crippen molar-refractivity contribution in [1.29, 1.82) is 0 Å². The third-order valence-electron chi connectivity index (χ3n) is 4.27. The highest BCUT2D eigenvalue weighted by atomic mass is 79.9. The fraction of sp³-hybridized carbons (Fsp3) is 0.136. The van der Waals surface area contributed by atoms with Crippen LogP contribution in [0.4, 0.5) is 0 Å². The third kappa shape index (κ3) is 5.51. The number of nitrogens with zero attached hydrogens (tertiary/aromatic N) is 2. The maximum atomic E-state index is 12.3. The number of ether oxygens (including phenoxy) is 2.